The van der Waals surface area contributed by atoms with Crippen LogP contribution < -0.4 is 0 Å². The number of hydrogen-bond donors (Lipinski definition) is 3. The van der Waals surface area contributed by atoms with Crippen molar-refractivity contribution in [3.8, 4) is 0 Å². The Bertz CT molecular complexity index is 1680. The van der Waals surface area contributed by atoms with Crippen molar-refractivity contribution in [2.75, 3.05) is 39.6 Å². The van der Waals surface area contributed by atoms with Crippen molar-refractivity contribution < 1.29 is 80.2 Å². The second-order valence-electron chi connectivity index (χ2n) is 25.2. The molecule has 5 atom stereocenters. The van der Waals surface area contributed by atoms with Crippen molar-refractivity contribution in [1.82, 2.24) is 0 Å². The van der Waals surface area contributed by atoms with E-state index in [0.29, 0.717) is 25.7 Å². The van der Waals surface area contributed by atoms with Crippen LogP contribution in [-0.2, 0) is 65.4 Å². The van der Waals surface area contributed by atoms with E-state index < -0.39 is 97.5 Å². The SMILES string of the molecule is CCCCCCCCCCC(=O)O[C@H](COC(=O)CCCCCCC)COP(=O)(O)OC[C@H](O)COP(=O)(O)OC[C@@H](COC(=O)CCCCCCCCCCCCCCC(C)C)OC(=O)CCCCCCCCCCCCCCCCCC(C)C. The van der Waals surface area contributed by atoms with Crippen LogP contribution in [0.15, 0.2) is 0 Å². The number of carbonyl (C=O) groups excluding carboxylic acids is 4. The first-order valence-corrected chi connectivity index (χ1v) is 38.0. The molecule has 0 aromatic heterocycles. The second kappa shape index (κ2) is 59.4. The molecule has 17 nitrogen and oxygen atoms in total. The standard InChI is InChI=1S/C67H130O17P2/c1-7-9-11-13-14-32-39-45-51-66(71)83-62(55-77-64(69)49-43-35-12-10-8-2)57-81-85(73,74)79-53-61(68)54-80-86(75,76)82-58-63(56-78-65(70)50-44-38-33-28-24-21-20-23-27-31-37-42-48-60(5)6)84-67(72)52-46-40-34-29-25-19-17-15-16-18-22-26-30-36-41-47-59(3)4/h59-63,68H,7-58H2,1-6H3,(H,73,74)(H,75,76)/t61-,62+,63+/m0/s1. The summed E-state index contributed by atoms with van der Waals surface area (Å²) in [6.45, 7) is 9.45. The minimum Gasteiger partial charge on any atom is -0.462 e. The van der Waals surface area contributed by atoms with Crippen LogP contribution in [0.5, 0.6) is 0 Å². The highest BCUT2D eigenvalue weighted by molar-refractivity contribution is 7.47. The molecule has 0 aromatic carbocycles. The summed E-state index contributed by atoms with van der Waals surface area (Å²) < 4.78 is 67.9. The van der Waals surface area contributed by atoms with Crippen LogP contribution in [0.4, 0.5) is 0 Å². The fraction of sp³-hybridized carbons (Fsp3) is 0.940. The van der Waals surface area contributed by atoms with Gasteiger partial charge < -0.3 is 33.8 Å². The van der Waals surface area contributed by atoms with E-state index in [-0.39, 0.29) is 25.7 Å². The Morgan fingerprint density at radius 3 is 0.791 bits per heavy atom. The summed E-state index contributed by atoms with van der Waals surface area (Å²) in [6, 6.07) is 0. The van der Waals surface area contributed by atoms with Gasteiger partial charge in [-0.05, 0) is 37.5 Å². The normalized spacial score (nSPS) is 14.2. The molecule has 0 aliphatic heterocycles. The van der Waals surface area contributed by atoms with Gasteiger partial charge in [0.25, 0.3) is 0 Å². The predicted molar refractivity (Wildman–Crippen MR) is 345 cm³/mol. The molecule has 0 rings (SSSR count). The number of unbranched alkanes of at least 4 members (excludes halogenated alkanes) is 36. The lowest BCUT2D eigenvalue weighted by atomic mass is 10.0. The van der Waals surface area contributed by atoms with Gasteiger partial charge in [0.15, 0.2) is 12.2 Å². The van der Waals surface area contributed by atoms with E-state index in [9.17, 15) is 43.2 Å². The molecule has 3 N–H and O–H groups in total. The zero-order chi connectivity index (χ0) is 63.6. The Labute approximate surface area is 524 Å². The minimum atomic E-state index is -4.95. The van der Waals surface area contributed by atoms with Crippen molar-refractivity contribution in [3.63, 3.8) is 0 Å². The molecule has 2 unspecified atom stereocenters. The summed E-state index contributed by atoms with van der Waals surface area (Å²) in [7, 11) is -9.88. The Kier molecular flexibility index (Phi) is 58.0. The maximum absolute atomic E-state index is 13.0. The lowest BCUT2D eigenvalue weighted by Gasteiger charge is -2.21. The molecule has 0 spiro atoms. The maximum atomic E-state index is 13.0. The molecular weight excluding hydrogens is 1140 g/mol. The summed E-state index contributed by atoms with van der Waals surface area (Å²) in [5.74, 6) is -0.558. The third-order valence-corrected chi connectivity index (χ3v) is 17.4. The molecule has 0 aromatic rings. The number of rotatable bonds is 66. The summed E-state index contributed by atoms with van der Waals surface area (Å²) in [5, 5.41) is 10.5. The molecule has 0 saturated carbocycles. The molecule has 0 bridgehead atoms. The molecule has 0 fully saturated rings. The van der Waals surface area contributed by atoms with E-state index in [1.54, 1.807) is 0 Å². The lowest BCUT2D eigenvalue weighted by Crippen LogP contribution is -2.30. The molecule has 86 heavy (non-hydrogen) atoms. The molecule has 0 amide bonds. The number of phosphoric acid groups is 2. The van der Waals surface area contributed by atoms with Crippen LogP contribution in [0.1, 0.15) is 337 Å². The van der Waals surface area contributed by atoms with Gasteiger partial charge in [0.2, 0.25) is 0 Å². The monoisotopic (exact) mass is 1270 g/mol. The van der Waals surface area contributed by atoms with Crippen LogP contribution >= 0.6 is 15.6 Å². The van der Waals surface area contributed by atoms with Gasteiger partial charge >= 0.3 is 39.5 Å². The van der Waals surface area contributed by atoms with E-state index in [1.165, 1.54) is 141 Å². The van der Waals surface area contributed by atoms with Crippen LogP contribution in [0.25, 0.3) is 0 Å². The average Bonchev–Trinajstić information content (AvgIpc) is 3.51. The third-order valence-electron chi connectivity index (χ3n) is 15.5. The van der Waals surface area contributed by atoms with Crippen LogP contribution in [-0.4, -0.2) is 96.7 Å². The highest BCUT2D eigenvalue weighted by Crippen LogP contribution is 2.45. The number of esters is 4. The fourth-order valence-electron chi connectivity index (χ4n) is 10.1. The zero-order valence-corrected chi connectivity index (χ0v) is 57.4. The lowest BCUT2D eigenvalue weighted by molar-refractivity contribution is -0.161. The first-order chi connectivity index (χ1) is 41.4. The van der Waals surface area contributed by atoms with Crippen molar-refractivity contribution in [1.29, 1.82) is 0 Å². The smallest absolute Gasteiger partial charge is 0.462 e. The summed E-state index contributed by atoms with van der Waals surface area (Å²) in [5.41, 5.74) is 0. The summed E-state index contributed by atoms with van der Waals surface area (Å²) >= 11 is 0. The first-order valence-electron chi connectivity index (χ1n) is 35.0. The van der Waals surface area contributed by atoms with Crippen molar-refractivity contribution in [2.24, 2.45) is 11.8 Å². The van der Waals surface area contributed by atoms with Gasteiger partial charge in [0, 0.05) is 25.7 Å². The number of carbonyl (C=O) groups is 4. The molecular formula is C67H130O17P2. The quantitative estimate of drug-likeness (QED) is 0.0222. The Morgan fingerprint density at radius 2 is 0.535 bits per heavy atom. The summed E-state index contributed by atoms with van der Waals surface area (Å²) in [6.07, 6.45) is 43.5. The zero-order valence-electron chi connectivity index (χ0n) is 55.6. The second-order valence-corrected chi connectivity index (χ2v) is 28.1. The van der Waals surface area contributed by atoms with E-state index in [2.05, 4.69) is 41.5 Å². The first kappa shape index (κ1) is 84.1. The Morgan fingerprint density at radius 1 is 0.314 bits per heavy atom. The molecule has 0 radical (unpaired) electrons. The van der Waals surface area contributed by atoms with E-state index in [4.69, 9.17) is 37.0 Å². The Balaban J connectivity index is 5.14. The molecule has 0 heterocycles. The number of phosphoric ester groups is 2. The third kappa shape index (κ3) is 60.9. The van der Waals surface area contributed by atoms with Crippen LogP contribution in [0.3, 0.4) is 0 Å². The molecule has 0 aliphatic rings. The van der Waals surface area contributed by atoms with Gasteiger partial charge in [-0.2, -0.15) is 0 Å². The molecule has 0 aliphatic carbocycles. The number of hydrogen-bond acceptors (Lipinski definition) is 15. The number of ether oxygens (including phenoxy) is 4. The number of aliphatic hydroxyl groups is 1. The minimum absolute atomic E-state index is 0.104. The fourth-order valence-corrected chi connectivity index (χ4v) is 11.6. The maximum Gasteiger partial charge on any atom is 0.472 e. The van der Waals surface area contributed by atoms with Gasteiger partial charge in [0.1, 0.15) is 19.3 Å². The number of aliphatic hydroxyl groups excluding tert-OH is 1. The predicted octanol–water partition coefficient (Wildman–Crippen LogP) is 18.8. The highest BCUT2D eigenvalue weighted by atomic mass is 31.2. The molecule has 19 heteroatoms. The van der Waals surface area contributed by atoms with E-state index in [1.807, 2.05) is 0 Å². The van der Waals surface area contributed by atoms with Crippen LogP contribution in [0, 0.1) is 11.8 Å². The van der Waals surface area contributed by atoms with Crippen molar-refractivity contribution in [2.45, 2.75) is 355 Å². The molecule has 0 saturated heterocycles. The van der Waals surface area contributed by atoms with Gasteiger partial charge in [0.05, 0.1) is 26.4 Å². The van der Waals surface area contributed by atoms with Crippen molar-refractivity contribution in [3.05, 3.63) is 0 Å². The van der Waals surface area contributed by atoms with Gasteiger partial charge in [-0.15, -0.1) is 0 Å². The average molecular weight is 1270 g/mol. The van der Waals surface area contributed by atoms with Crippen LogP contribution in [0.2, 0.25) is 0 Å². The van der Waals surface area contributed by atoms with Gasteiger partial charge in [-0.1, -0.05) is 286 Å². The molecule has 510 valence electrons. The van der Waals surface area contributed by atoms with Crippen molar-refractivity contribution >= 4 is 39.5 Å². The van der Waals surface area contributed by atoms with Gasteiger partial charge in [-0.25, -0.2) is 9.13 Å². The van der Waals surface area contributed by atoms with E-state index >= 15 is 0 Å². The highest BCUT2D eigenvalue weighted by Gasteiger charge is 2.30. The van der Waals surface area contributed by atoms with Gasteiger partial charge in [-0.3, -0.25) is 37.3 Å². The summed E-state index contributed by atoms with van der Waals surface area (Å²) in [4.78, 5) is 72.0. The van der Waals surface area contributed by atoms with E-state index in [0.717, 1.165) is 115 Å². The topological polar surface area (TPSA) is 237 Å². The Hall–Kier alpha value is -1.94. The largest absolute Gasteiger partial charge is 0.472 e.